The Labute approximate surface area is 181 Å². The molecule has 3 heterocycles. The third-order valence-corrected chi connectivity index (χ3v) is 5.38. The number of aromatic nitrogens is 2. The van der Waals surface area contributed by atoms with Gasteiger partial charge in [0.2, 0.25) is 0 Å². The molecule has 0 aliphatic carbocycles. The first-order valence-corrected chi connectivity index (χ1v) is 10.3. The monoisotopic (exact) mass is 420 g/mol. The van der Waals surface area contributed by atoms with Crippen molar-refractivity contribution in [1.29, 1.82) is 0 Å². The van der Waals surface area contributed by atoms with Gasteiger partial charge in [0.05, 0.1) is 30.8 Å². The van der Waals surface area contributed by atoms with Crippen LogP contribution in [-0.4, -0.2) is 42.1 Å². The van der Waals surface area contributed by atoms with Crippen LogP contribution >= 0.6 is 0 Å². The molecule has 1 N–H and O–H groups in total. The van der Waals surface area contributed by atoms with Crippen molar-refractivity contribution in [2.75, 3.05) is 36.5 Å². The number of pyridine rings is 2. The summed E-state index contributed by atoms with van der Waals surface area (Å²) < 4.78 is 18.6. The second-order valence-electron chi connectivity index (χ2n) is 7.62. The normalized spacial score (nSPS) is 13.8. The fraction of sp³-hybridized carbons (Fsp3) is 0.292. The van der Waals surface area contributed by atoms with Gasteiger partial charge in [-0.15, -0.1) is 0 Å². The molecule has 1 fully saturated rings. The van der Waals surface area contributed by atoms with E-state index in [0.717, 1.165) is 47.1 Å². The first-order chi connectivity index (χ1) is 15.0. The summed E-state index contributed by atoms with van der Waals surface area (Å²) in [6.45, 7) is 6.81. The quantitative estimate of drug-likeness (QED) is 0.602. The summed E-state index contributed by atoms with van der Waals surface area (Å²) in [5.74, 6) is 0.591. The molecule has 31 heavy (non-hydrogen) atoms. The van der Waals surface area contributed by atoms with Crippen LogP contribution in [-0.2, 0) is 11.2 Å². The van der Waals surface area contributed by atoms with E-state index >= 15 is 0 Å². The van der Waals surface area contributed by atoms with Gasteiger partial charge in [0, 0.05) is 37.0 Å². The molecule has 2 aromatic heterocycles. The number of rotatable bonds is 6. The minimum Gasteiger partial charge on any atom is -0.378 e. The summed E-state index contributed by atoms with van der Waals surface area (Å²) in [7, 11) is 0. The number of ketones is 1. The van der Waals surface area contributed by atoms with Gasteiger partial charge in [0.1, 0.15) is 11.6 Å². The molecule has 4 rings (SSSR count). The van der Waals surface area contributed by atoms with Crippen LogP contribution in [0.3, 0.4) is 0 Å². The maximum absolute atomic E-state index is 13.2. The van der Waals surface area contributed by atoms with Gasteiger partial charge < -0.3 is 15.0 Å². The predicted molar refractivity (Wildman–Crippen MR) is 119 cm³/mol. The number of aryl methyl sites for hydroxylation is 2. The topological polar surface area (TPSA) is 67.3 Å². The number of nitrogens with zero attached hydrogens (tertiary/aromatic N) is 3. The number of benzene rings is 1. The Bertz CT molecular complexity index is 1060. The number of anilines is 3. The number of carbonyl (C=O) groups excluding carboxylic acids is 1. The maximum atomic E-state index is 13.2. The lowest BCUT2D eigenvalue weighted by atomic mass is 9.97. The number of Topliss-reactive ketones (excluding diaryl/α,β-unsaturated/α-hetero) is 1. The Morgan fingerprint density at radius 3 is 2.61 bits per heavy atom. The molecule has 6 nitrogen and oxygen atoms in total. The molecular weight excluding hydrogens is 395 g/mol. The average molecular weight is 420 g/mol. The first kappa shape index (κ1) is 20.9. The summed E-state index contributed by atoms with van der Waals surface area (Å²) in [4.78, 5) is 24.3. The van der Waals surface area contributed by atoms with Crippen molar-refractivity contribution in [3.8, 4) is 0 Å². The van der Waals surface area contributed by atoms with Crippen molar-refractivity contribution in [3.63, 3.8) is 0 Å². The van der Waals surface area contributed by atoms with Gasteiger partial charge >= 0.3 is 0 Å². The summed E-state index contributed by atoms with van der Waals surface area (Å²) in [6.07, 6.45) is 3.55. The van der Waals surface area contributed by atoms with Crippen LogP contribution in [0.4, 0.5) is 21.6 Å². The van der Waals surface area contributed by atoms with Crippen LogP contribution in [0.5, 0.6) is 0 Å². The zero-order valence-corrected chi connectivity index (χ0v) is 17.7. The van der Waals surface area contributed by atoms with Crippen molar-refractivity contribution in [2.24, 2.45) is 0 Å². The highest BCUT2D eigenvalue weighted by atomic mass is 19.1. The van der Waals surface area contributed by atoms with Crippen molar-refractivity contribution in [1.82, 2.24) is 9.97 Å². The van der Waals surface area contributed by atoms with Gasteiger partial charge in [0.15, 0.2) is 5.78 Å². The van der Waals surface area contributed by atoms with E-state index in [9.17, 15) is 9.18 Å². The number of halogens is 1. The lowest BCUT2D eigenvalue weighted by molar-refractivity contribution is 0.0991. The Morgan fingerprint density at radius 2 is 1.90 bits per heavy atom. The van der Waals surface area contributed by atoms with E-state index < -0.39 is 0 Å². The number of carbonyl (C=O) groups is 1. The summed E-state index contributed by atoms with van der Waals surface area (Å²) in [5.41, 5.74) is 4.57. The van der Waals surface area contributed by atoms with E-state index in [4.69, 9.17) is 9.72 Å². The van der Waals surface area contributed by atoms with Crippen molar-refractivity contribution in [3.05, 3.63) is 77.0 Å². The fourth-order valence-electron chi connectivity index (χ4n) is 3.83. The van der Waals surface area contributed by atoms with Gasteiger partial charge in [-0.1, -0.05) is 0 Å². The van der Waals surface area contributed by atoms with Crippen LogP contribution in [0.2, 0.25) is 0 Å². The average Bonchev–Trinajstić information content (AvgIpc) is 2.77. The van der Waals surface area contributed by atoms with Gasteiger partial charge in [-0.3, -0.25) is 9.78 Å². The molecule has 0 bridgehead atoms. The van der Waals surface area contributed by atoms with E-state index in [2.05, 4.69) is 15.2 Å². The van der Waals surface area contributed by atoms with Gasteiger partial charge in [-0.25, -0.2) is 9.37 Å². The third-order valence-electron chi connectivity index (χ3n) is 5.38. The Hall–Kier alpha value is -3.32. The maximum Gasteiger partial charge on any atom is 0.169 e. The molecule has 0 amide bonds. The lowest BCUT2D eigenvalue weighted by Gasteiger charge is -2.28. The van der Waals surface area contributed by atoms with Crippen LogP contribution in [0.1, 0.15) is 27.2 Å². The SMILES string of the molecule is Cc1cc(N2CCOCC2)nc(C)c1C(=O)Cc1ccncc1Nc1ccc(F)cc1. The van der Waals surface area contributed by atoms with Crippen molar-refractivity contribution < 1.29 is 13.9 Å². The van der Waals surface area contributed by atoms with E-state index in [1.54, 1.807) is 24.5 Å². The highest BCUT2D eigenvalue weighted by Crippen LogP contribution is 2.25. The van der Waals surface area contributed by atoms with E-state index in [-0.39, 0.29) is 18.0 Å². The first-order valence-electron chi connectivity index (χ1n) is 10.3. The molecule has 0 atom stereocenters. The van der Waals surface area contributed by atoms with Crippen LogP contribution in [0, 0.1) is 19.7 Å². The standard InChI is InChI=1S/C24H25FN4O2/c1-16-13-23(29-9-11-31-12-10-29)27-17(2)24(16)22(30)14-18-7-8-26-15-21(18)28-20-5-3-19(25)4-6-20/h3-8,13,15,28H,9-12,14H2,1-2H3. The zero-order chi connectivity index (χ0) is 21.8. The third kappa shape index (κ3) is 4.88. The van der Waals surface area contributed by atoms with E-state index in [1.807, 2.05) is 26.0 Å². The number of hydrogen-bond acceptors (Lipinski definition) is 6. The number of morpholine rings is 1. The molecule has 1 aliphatic rings. The molecule has 160 valence electrons. The van der Waals surface area contributed by atoms with Gasteiger partial charge in [0.25, 0.3) is 0 Å². The van der Waals surface area contributed by atoms with Gasteiger partial charge in [-0.2, -0.15) is 0 Å². The van der Waals surface area contributed by atoms with Crippen molar-refractivity contribution >= 4 is 23.0 Å². The Morgan fingerprint density at radius 1 is 1.16 bits per heavy atom. The van der Waals surface area contributed by atoms with E-state index in [1.165, 1.54) is 12.1 Å². The van der Waals surface area contributed by atoms with Crippen LogP contribution < -0.4 is 10.2 Å². The van der Waals surface area contributed by atoms with Crippen LogP contribution in [0.25, 0.3) is 0 Å². The predicted octanol–water partition coefficient (Wildman–Crippen LogP) is 4.24. The molecule has 0 saturated carbocycles. The molecule has 1 aromatic carbocycles. The largest absolute Gasteiger partial charge is 0.378 e. The number of nitrogens with one attached hydrogen (secondary N) is 1. The molecule has 0 radical (unpaired) electrons. The smallest absolute Gasteiger partial charge is 0.169 e. The molecule has 1 saturated heterocycles. The minimum atomic E-state index is -0.300. The highest BCUT2D eigenvalue weighted by Gasteiger charge is 2.20. The zero-order valence-electron chi connectivity index (χ0n) is 17.7. The Balaban J connectivity index is 1.55. The van der Waals surface area contributed by atoms with Crippen LogP contribution in [0.15, 0.2) is 48.8 Å². The summed E-state index contributed by atoms with van der Waals surface area (Å²) >= 11 is 0. The molecule has 0 spiro atoms. The Kier molecular flexibility index (Phi) is 6.23. The lowest BCUT2D eigenvalue weighted by Crippen LogP contribution is -2.37. The molecular formula is C24H25FN4O2. The molecule has 3 aromatic rings. The number of hydrogen-bond donors (Lipinski definition) is 1. The second-order valence-corrected chi connectivity index (χ2v) is 7.62. The van der Waals surface area contributed by atoms with Crippen molar-refractivity contribution in [2.45, 2.75) is 20.3 Å². The fourth-order valence-corrected chi connectivity index (χ4v) is 3.83. The summed E-state index contributed by atoms with van der Waals surface area (Å²) in [6, 6.07) is 9.88. The second kappa shape index (κ2) is 9.22. The number of ether oxygens (including phenoxy) is 1. The minimum absolute atomic E-state index is 0.00406. The highest BCUT2D eigenvalue weighted by molar-refractivity contribution is 6.00. The van der Waals surface area contributed by atoms with E-state index in [0.29, 0.717) is 18.8 Å². The van der Waals surface area contributed by atoms with Gasteiger partial charge in [-0.05, 0) is 61.4 Å². The molecule has 7 heteroatoms. The summed E-state index contributed by atoms with van der Waals surface area (Å²) in [5, 5.41) is 3.22. The molecule has 0 unspecified atom stereocenters. The molecule has 1 aliphatic heterocycles.